The molecule has 16 heavy (non-hydrogen) atoms. The summed E-state index contributed by atoms with van der Waals surface area (Å²) in [6.45, 7) is 0. The van der Waals surface area contributed by atoms with E-state index in [1.807, 2.05) is 36.4 Å². The molecule has 0 radical (unpaired) electrons. The predicted octanol–water partition coefficient (Wildman–Crippen LogP) is 3.95. The van der Waals surface area contributed by atoms with Gasteiger partial charge in [0.25, 0.3) is 0 Å². The lowest BCUT2D eigenvalue weighted by Crippen LogP contribution is -1.85. The van der Waals surface area contributed by atoms with E-state index >= 15 is 0 Å². The van der Waals surface area contributed by atoms with Crippen molar-refractivity contribution in [2.45, 2.75) is 0 Å². The Morgan fingerprint density at radius 1 is 1.12 bits per heavy atom. The molecule has 1 aromatic heterocycles. The maximum Gasteiger partial charge on any atom is 0.176 e. The Morgan fingerprint density at radius 3 is 2.81 bits per heavy atom. The van der Waals surface area contributed by atoms with Crippen molar-refractivity contribution >= 4 is 27.4 Å². The van der Waals surface area contributed by atoms with Crippen molar-refractivity contribution in [3.05, 3.63) is 53.1 Å². The van der Waals surface area contributed by atoms with Crippen molar-refractivity contribution in [1.82, 2.24) is 4.98 Å². The second kappa shape index (κ2) is 5.37. The van der Waals surface area contributed by atoms with E-state index in [4.69, 9.17) is 0 Å². The third-order valence-electron chi connectivity index (χ3n) is 1.81. The summed E-state index contributed by atoms with van der Waals surface area (Å²) in [7, 11) is 0. The van der Waals surface area contributed by atoms with Gasteiger partial charge in [0.1, 0.15) is 0 Å². The van der Waals surface area contributed by atoms with Crippen LogP contribution in [-0.2, 0) is 0 Å². The standard InChI is InChI=1S/C11H9BrN4/c12-9-4-3-5-10(8-9)14-16-15-11-6-1-2-7-13-11/h1-8H,(H,13,14,15). The lowest BCUT2D eigenvalue weighted by Gasteiger charge is -1.98. The Hall–Kier alpha value is -1.75. The van der Waals surface area contributed by atoms with Gasteiger partial charge < -0.3 is 0 Å². The molecule has 80 valence electrons. The lowest BCUT2D eigenvalue weighted by molar-refractivity contribution is 1.09. The van der Waals surface area contributed by atoms with Gasteiger partial charge in [-0.25, -0.2) is 4.98 Å². The highest BCUT2D eigenvalue weighted by Crippen LogP contribution is 2.16. The number of nitrogens with one attached hydrogen (secondary N) is 1. The van der Waals surface area contributed by atoms with E-state index in [-0.39, 0.29) is 0 Å². The number of anilines is 1. The summed E-state index contributed by atoms with van der Waals surface area (Å²) >= 11 is 3.37. The summed E-state index contributed by atoms with van der Waals surface area (Å²) in [5.41, 5.74) is 3.69. The Bertz CT molecular complexity index is 484. The number of hydrogen-bond donors (Lipinski definition) is 1. The predicted molar refractivity (Wildman–Crippen MR) is 66.5 cm³/mol. The number of hydrogen-bond acceptors (Lipinski definition) is 3. The van der Waals surface area contributed by atoms with Gasteiger partial charge in [-0.3, -0.25) is 5.43 Å². The van der Waals surface area contributed by atoms with Gasteiger partial charge in [0.05, 0.1) is 5.69 Å². The molecule has 0 unspecified atom stereocenters. The molecule has 0 aliphatic carbocycles. The van der Waals surface area contributed by atoms with Crippen LogP contribution < -0.4 is 5.43 Å². The third-order valence-corrected chi connectivity index (χ3v) is 2.30. The molecule has 5 heteroatoms. The van der Waals surface area contributed by atoms with E-state index in [2.05, 4.69) is 36.7 Å². The largest absolute Gasteiger partial charge is 0.260 e. The van der Waals surface area contributed by atoms with Crippen molar-refractivity contribution in [1.29, 1.82) is 0 Å². The first-order valence-electron chi connectivity index (χ1n) is 4.68. The Morgan fingerprint density at radius 2 is 2.06 bits per heavy atom. The zero-order valence-corrected chi connectivity index (χ0v) is 9.92. The van der Waals surface area contributed by atoms with E-state index in [0.717, 1.165) is 10.2 Å². The van der Waals surface area contributed by atoms with Crippen LogP contribution in [0.25, 0.3) is 0 Å². The molecule has 1 heterocycles. The van der Waals surface area contributed by atoms with E-state index in [1.54, 1.807) is 12.3 Å². The quantitative estimate of drug-likeness (QED) is 0.682. The Labute approximate surface area is 102 Å². The second-order valence-corrected chi connectivity index (χ2v) is 3.93. The van der Waals surface area contributed by atoms with Crippen molar-refractivity contribution in [3.63, 3.8) is 0 Å². The maximum absolute atomic E-state index is 4.02. The summed E-state index contributed by atoms with van der Waals surface area (Å²) in [6, 6.07) is 13.2. The molecule has 2 rings (SSSR count). The van der Waals surface area contributed by atoms with Gasteiger partial charge in [-0.15, -0.1) is 5.11 Å². The minimum absolute atomic E-state index is 0.574. The van der Waals surface area contributed by atoms with Gasteiger partial charge in [-0.2, -0.15) is 0 Å². The number of pyridine rings is 1. The molecule has 0 bridgehead atoms. The SMILES string of the molecule is Brc1cccc(N/N=N/c2ccccn2)c1. The highest BCUT2D eigenvalue weighted by Gasteiger charge is 1.91. The van der Waals surface area contributed by atoms with Gasteiger partial charge in [0.2, 0.25) is 0 Å². The molecule has 0 aliphatic heterocycles. The van der Waals surface area contributed by atoms with Gasteiger partial charge >= 0.3 is 0 Å². The second-order valence-electron chi connectivity index (χ2n) is 3.01. The molecule has 0 spiro atoms. The maximum atomic E-state index is 4.02. The number of rotatable bonds is 3. The molecule has 0 saturated carbocycles. The number of benzene rings is 1. The minimum atomic E-state index is 0.574. The van der Waals surface area contributed by atoms with Crippen LogP contribution in [0, 0.1) is 0 Å². The molecule has 0 aliphatic rings. The zero-order chi connectivity index (χ0) is 11.2. The van der Waals surface area contributed by atoms with Crippen LogP contribution in [0.2, 0.25) is 0 Å². The summed E-state index contributed by atoms with van der Waals surface area (Å²) in [6.07, 6.45) is 1.67. The summed E-state index contributed by atoms with van der Waals surface area (Å²) in [4.78, 5) is 4.02. The molecular formula is C11H9BrN4. The highest BCUT2D eigenvalue weighted by atomic mass is 79.9. The topological polar surface area (TPSA) is 49.6 Å². The molecular weight excluding hydrogens is 268 g/mol. The van der Waals surface area contributed by atoms with Crippen molar-refractivity contribution < 1.29 is 0 Å². The number of nitrogens with zero attached hydrogens (tertiary/aromatic N) is 3. The van der Waals surface area contributed by atoms with Crippen molar-refractivity contribution in [3.8, 4) is 0 Å². The highest BCUT2D eigenvalue weighted by molar-refractivity contribution is 9.10. The average Bonchev–Trinajstić information content (AvgIpc) is 2.30. The summed E-state index contributed by atoms with van der Waals surface area (Å²) in [5, 5.41) is 7.76. The molecule has 1 aromatic carbocycles. The van der Waals surface area contributed by atoms with Gasteiger partial charge in [-0.05, 0) is 30.3 Å². The van der Waals surface area contributed by atoms with Gasteiger partial charge in [0.15, 0.2) is 5.82 Å². The van der Waals surface area contributed by atoms with Gasteiger partial charge in [-0.1, -0.05) is 33.3 Å². The normalized spacial score (nSPS) is 10.6. The number of halogens is 1. The Kier molecular flexibility index (Phi) is 3.61. The summed E-state index contributed by atoms with van der Waals surface area (Å²) in [5.74, 6) is 0.574. The fourth-order valence-corrected chi connectivity index (χ4v) is 1.50. The molecule has 0 atom stereocenters. The van der Waals surface area contributed by atoms with Crippen LogP contribution >= 0.6 is 15.9 Å². The smallest absolute Gasteiger partial charge is 0.176 e. The van der Waals surface area contributed by atoms with E-state index in [9.17, 15) is 0 Å². The molecule has 0 saturated heterocycles. The first kappa shape index (κ1) is 10.8. The third kappa shape index (κ3) is 3.13. The van der Waals surface area contributed by atoms with Crippen LogP contribution in [0.15, 0.2) is 63.5 Å². The van der Waals surface area contributed by atoms with Crippen LogP contribution in [0.4, 0.5) is 11.5 Å². The monoisotopic (exact) mass is 276 g/mol. The zero-order valence-electron chi connectivity index (χ0n) is 8.34. The Balaban J connectivity index is 2.00. The van der Waals surface area contributed by atoms with E-state index < -0.39 is 0 Å². The van der Waals surface area contributed by atoms with Crippen LogP contribution in [-0.4, -0.2) is 4.98 Å². The molecule has 1 N–H and O–H groups in total. The minimum Gasteiger partial charge on any atom is -0.260 e. The molecule has 4 nitrogen and oxygen atoms in total. The van der Waals surface area contributed by atoms with Crippen molar-refractivity contribution in [2.24, 2.45) is 10.3 Å². The van der Waals surface area contributed by atoms with Crippen LogP contribution in [0.1, 0.15) is 0 Å². The van der Waals surface area contributed by atoms with Crippen LogP contribution in [0.5, 0.6) is 0 Å². The molecule has 0 amide bonds. The average molecular weight is 277 g/mol. The first-order chi connectivity index (χ1) is 7.84. The van der Waals surface area contributed by atoms with Crippen molar-refractivity contribution in [2.75, 3.05) is 5.43 Å². The number of aromatic nitrogens is 1. The van der Waals surface area contributed by atoms with E-state index in [0.29, 0.717) is 5.82 Å². The van der Waals surface area contributed by atoms with E-state index in [1.165, 1.54) is 0 Å². The summed E-state index contributed by atoms with van der Waals surface area (Å²) < 4.78 is 0.991. The van der Waals surface area contributed by atoms with Crippen LogP contribution in [0.3, 0.4) is 0 Å². The fraction of sp³-hybridized carbons (Fsp3) is 0. The van der Waals surface area contributed by atoms with Gasteiger partial charge in [0, 0.05) is 10.7 Å². The lowest BCUT2D eigenvalue weighted by atomic mass is 10.3. The first-order valence-corrected chi connectivity index (χ1v) is 5.47. The fourth-order valence-electron chi connectivity index (χ4n) is 1.10. The molecule has 2 aromatic rings. The molecule has 0 fully saturated rings.